The number of amidine groups is 2. The lowest BCUT2D eigenvalue weighted by atomic mass is 10.0. The van der Waals surface area contributed by atoms with E-state index in [1.54, 1.807) is 27.7 Å². The van der Waals surface area contributed by atoms with Gasteiger partial charge < -0.3 is 5.84 Å². The Hall–Kier alpha value is -3.57. The third kappa shape index (κ3) is 4.42. The summed E-state index contributed by atoms with van der Waals surface area (Å²) in [6.07, 6.45) is 3.71. The summed E-state index contributed by atoms with van der Waals surface area (Å²) < 4.78 is 0. The molecule has 0 aliphatic carbocycles. The lowest BCUT2D eigenvalue weighted by Crippen LogP contribution is -2.38. The molecule has 37 heavy (non-hydrogen) atoms. The second-order valence-corrected chi connectivity index (χ2v) is 11.6. The zero-order valence-electron chi connectivity index (χ0n) is 20.3. The van der Waals surface area contributed by atoms with E-state index in [2.05, 4.69) is 41.5 Å². The fourth-order valence-electron chi connectivity index (χ4n) is 4.94. The van der Waals surface area contributed by atoms with Gasteiger partial charge in [0.05, 0.1) is 21.1 Å². The van der Waals surface area contributed by atoms with Gasteiger partial charge in [-0.05, 0) is 61.1 Å². The number of nitrogens with two attached hydrogens (primary N) is 3. The van der Waals surface area contributed by atoms with Gasteiger partial charge in [0.15, 0.2) is 5.84 Å². The summed E-state index contributed by atoms with van der Waals surface area (Å²) in [6.45, 7) is 1.41. The predicted octanol–water partition coefficient (Wildman–Crippen LogP) is 4.40. The highest BCUT2D eigenvalue weighted by atomic mass is 32.1. The first-order valence-electron chi connectivity index (χ1n) is 12.3. The third-order valence-electron chi connectivity index (χ3n) is 6.84. The van der Waals surface area contributed by atoms with Gasteiger partial charge >= 0.3 is 0 Å². The number of fused-ring (bicyclic) bond motifs is 2. The number of hydrogen-bond acceptors (Lipinski definition) is 8. The maximum Gasteiger partial charge on any atom is 0.170 e. The molecule has 2 aliphatic rings. The number of thiophene rings is 2. The van der Waals surface area contributed by atoms with E-state index in [1.165, 1.54) is 14.8 Å². The lowest BCUT2D eigenvalue weighted by molar-refractivity contribution is 0.434. The van der Waals surface area contributed by atoms with Crippen LogP contribution in [-0.2, 0) is 12.8 Å². The molecule has 8 nitrogen and oxygen atoms in total. The first-order chi connectivity index (χ1) is 18.0. The number of aromatic nitrogens is 1. The fourth-order valence-corrected chi connectivity index (χ4v) is 7.26. The smallest absolute Gasteiger partial charge is 0.170 e. The average Bonchev–Trinajstić information content (AvgIpc) is 3.47. The lowest BCUT2D eigenvalue weighted by Gasteiger charge is -2.16. The Morgan fingerprint density at radius 3 is 2.03 bits per heavy atom. The van der Waals surface area contributed by atoms with Crippen molar-refractivity contribution in [2.24, 2.45) is 22.6 Å². The molecular formula is C27H28N8S2. The van der Waals surface area contributed by atoms with Crippen molar-refractivity contribution in [3.63, 3.8) is 0 Å². The molecule has 3 aromatic heterocycles. The molecule has 0 saturated heterocycles. The van der Waals surface area contributed by atoms with Gasteiger partial charge in [-0.1, -0.05) is 30.3 Å². The van der Waals surface area contributed by atoms with Crippen LogP contribution in [0.4, 0.5) is 0 Å². The number of nitrogens with one attached hydrogen (secondary N) is 1. The molecule has 6 rings (SSSR count). The molecule has 0 amide bonds. The van der Waals surface area contributed by atoms with Crippen LogP contribution in [0.25, 0.3) is 32.3 Å². The molecule has 5 heterocycles. The Morgan fingerprint density at radius 1 is 0.784 bits per heavy atom. The normalized spacial score (nSPS) is 16.9. The Labute approximate surface area is 223 Å². The van der Waals surface area contributed by atoms with Crippen LogP contribution in [-0.4, -0.2) is 39.8 Å². The highest BCUT2D eigenvalue weighted by Gasteiger charge is 2.24. The monoisotopic (exact) mass is 528 g/mol. The molecular weight excluding hydrogens is 500 g/mol. The number of hydrazone groups is 1. The second-order valence-electron chi connectivity index (χ2n) is 9.28. The number of nitrogens with zero attached hydrogens (tertiary/aromatic N) is 4. The van der Waals surface area contributed by atoms with Crippen molar-refractivity contribution in [1.82, 2.24) is 15.0 Å². The summed E-state index contributed by atoms with van der Waals surface area (Å²) in [5, 5.41) is 15.7. The number of aryl methyl sites for hydroxylation is 2. The molecule has 0 unspecified atom stereocenters. The van der Waals surface area contributed by atoms with Crippen LogP contribution in [0.5, 0.6) is 0 Å². The first kappa shape index (κ1) is 23.8. The summed E-state index contributed by atoms with van der Waals surface area (Å²) in [5.74, 6) is 19.0. The van der Waals surface area contributed by atoms with Gasteiger partial charge in [0.1, 0.15) is 5.84 Å². The van der Waals surface area contributed by atoms with E-state index in [-0.39, 0.29) is 0 Å². The van der Waals surface area contributed by atoms with Gasteiger partial charge in [0.25, 0.3) is 0 Å². The van der Waals surface area contributed by atoms with E-state index in [4.69, 9.17) is 27.9 Å². The van der Waals surface area contributed by atoms with Crippen molar-refractivity contribution < 1.29 is 0 Å². The van der Waals surface area contributed by atoms with Crippen LogP contribution < -0.4 is 17.5 Å². The van der Waals surface area contributed by atoms with E-state index in [1.807, 2.05) is 18.2 Å². The largest absolute Gasteiger partial charge is 0.321 e. The van der Waals surface area contributed by atoms with Crippen molar-refractivity contribution in [3.05, 3.63) is 75.5 Å². The minimum Gasteiger partial charge on any atom is -0.321 e. The SMILES string of the molecule is N=C1c2cc(-c3cc(-c4ccccc4)cc(-c4cc5c(s4)CCCN(N)/C5=N\N)n3)sc2CCCN1N. The summed E-state index contributed by atoms with van der Waals surface area (Å²) in [4.78, 5) is 9.65. The van der Waals surface area contributed by atoms with E-state index in [9.17, 15) is 0 Å². The molecule has 0 radical (unpaired) electrons. The number of hydrogen-bond donors (Lipinski definition) is 4. The van der Waals surface area contributed by atoms with E-state index < -0.39 is 0 Å². The molecule has 0 atom stereocenters. The number of hydrazine groups is 2. The maximum absolute atomic E-state index is 8.55. The van der Waals surface area contributed by atoms with Crippen molar-refractivity contribution in [2.75, 3.05) is 13.1 Å². The zero-order valence-corrected chi connectivity index (χ0v) is 21.9. The minimum absolute atomic E-state index is 0.372. The molecule has 7 N–H and O–H groups in total. The van der Waals surface area contributed by atoms with Gasteiger partial charge in [-0.25, -0.2) is 16.7 Å². The second kappa shape index (κ2) is 9.71. The van der Waals surface area contributed by atoms with Crippen molar-refractivity contribution in [3.8, 4) is 32.3 Å². The van der Waals surface area contributed by atoms with Crippen LogP contribution in [0.3, 0.4) is 0 Å². The Kier molecular flexibility index (Phi) is 6.25. The van der Waals surface area contributed by atoms with Gasteiger partial charge in [-0.3, -0.25) is 15.4 Å². The molecule has 10 heteroatoms. The number of pyridine rings is 1. The highest BCUT2D eigenvalue weighted by molar-refractivity contribution is 7.16. The number of benzene rings is 1. The summed E-state index contributed by atoms with van der Waals surface area (Å²) >= 11 is 3.44. The van der Waals surface area contributed by atoms with E-state index in [0.717, 1.165) is 75.6 Å². The molecule has 4 aromatic rings. The van der Waals surface area contributed by atoms with E-state index >= 15 is 0 Å². The topological polar surface area (TPSA) is 134 Å². The first-order valence-corrected chi connectivity index (χ1v) is 13.9. The van der Waals surface area contributed by atoms with Crippen LogP contribution in [0.15, 0.2) is 59.7 Å². The fraction of sp³-hybridized carbons (Fsp3) is 0.222. The minimum atomic E-state index is 0.372. The van der Waals surface area contributed by atoms with E-state index in [0.29, 0.717) is 18.2 Å². The van der Waals surface area contributed by atoms with Crippen LogP contribution in [0.1, 0.15) is 33.7 Å². The Morgan fingerprint density at radius 2 is 1.38 bits per heavy atom. The average molecular weight is 529 g/mol. The van der Waals surface area contributed by atoms with Crippen molar-refractivity contribution >= 4 is 34.3 Å². The molecule has 1 aromatic carbocycles. The van der Waals surface area contributed by atoms with Crippen LogP contribution in [0.2, 0.25) is 0 Å². The molecule has 0 bridgehead atoms. The van der Waals surface area contributed by atoms with Crippen LogP contribution in [0, 0.1) is 5.41 Å². The quantitative estimate of drug-likeness (QED) is 0.230. The maximum atomic E-state index is 8.55. The Bertz CT molecular complexity index is 1500. The standard InChI is InChI=1S/C27H28N8S2/c28-26-18-14-24(36-22(18)8-4-10-34(26)30)20-12-17(16-6-2-1-3-7-16)13-21(32-20)25-15-19-23(37-25)9-5-11-35(31)27(19)33-29/h1-3,6-7,12-15,28H,4-5,8-11,29-31H2/b28-26?,33-27-. The van der Waals surface area contributed by atoms with Gasteiger partial charge in [-0.2, -0.15) is 5.10 Å². The van der Waals surface area contributed by atoms with Crippen molar-refractivity contribution in [2.45, 2.75) is 25.7 Å². The van der Waals surface area contributed by atoms with Crippen molar-refractivity contribution in [1.29, 1.82) is 5.41 Å². The molecule has 0 saturated carbocycles. The van der Waals surface area contributed by atoms with Gasteiger partial charge in [0, 0.05) is 34.0 Å². The Balaban J connectivity index is 1.49. The zero-order chi connectivity index (χ0) is 25.5. The summed E-state index contributed by atoms with van der Waals surface area (Å²) in [7, 11) is 0. The molecule has 188 valence electrons. The summed E-state index contributed by atoms with van der Waals surface area (Å²) in [5.41, 5.74) is 5.90. The predicted molar refractivity (Wildman–Crippen MR) is 152 cm³/mol. The summed E-state index contributed by atoms with van der Waals surface area (Å²) in [6, 6.07) is 18.8. The number of rotatable bonds is 3. The van der Waals surface area contributed by atoms with Gasteiger partial charge in [0.2, 0.25) is 0 Å². The molecule has 2 aliphatic heterocycles. The highest BCUT2D eigenvalue weighted by Crippen LogP contribution is 2.39. The van der Waals surface area contributed by atoms with Crippen LogP contribution >= 0.6 is 22.7 Å². The molecule has 0 fully saturated rings. The van der Waals surface area contributed by atoms with Gasteiger partial charge in [-0.15, -0.1) is 22.7 Å². The third-order valence-corrected chi connectivity index (χ3v) is 9.27. The molecule has 0 spiro atoms.